The van der Waals surface area contributed by atoms with E-state index in [9.17, 15) is 19.6 Å². The van der Waals surface area contributed by atoms with E-state index in [-0.39, 0.29) is 29.2 Å². The maximum absolute atomic E-state index is 15.0. The molecule has 0 radical (unpaired) electrons. The Morgan fingerprint density at radius 2 is 2.17 bits per heavy atom. The van der Waals surface area contributed by atoms with Gasteiger partial charge in [-0.2, -0.15) is 4.48 Å². The van der Waals surface area contributed by atoms with Crippen molar-refractivity contribution in [1.29, 1.82) is 5.26 Å². The van der Waals surface area contributed by atoms with E-state index in [2.05, 4.69) is 16.8 Å². The molecule has 0 bridgehead atoms. The zero-order chi connectivity index (χ0) is 21.7. The monoisotopic (exact) mass is 416 g/mol. The summed E-state index contributed by atoms with van der Waals surface area (Å²) in [7, 11) is 0. The number of quaternary nitrogens is 1. The van der Waals surface area contributed by atoms with Crippen LogP contribution in [0.5, 0.6) is 0 Å². The average Bonchev–Trinajstić information content (AvgIpc) is 3.11. The zero-order valence-electron chi connectivity index (χ0n) is 16.6. The van der Waals surface area contributed by atoms with E-state index in [1.165, 1.54) is 24.0 Å². The normalized spacial score (nSPS) is 23.4. The van der Waals surface area contributed by atoms with Crippen LogP contribution in [0.4, 0.5) is 20.6 Å². The van der Waals surface area contributed by atoms with Crippen molar-refractivity contribution in [2.75, 3.05) is 31.1 Å². The Balaban J connectivity index is 1.75. The van der Waals surface area contributed by atoms with Gasteiger partial charge in [0.2, 0.25) is 12.3 Å². The minimum atomic E-state index is -0.614. The quantitative estimate of drug-likeness (QED) is 0.415. The van der Waals surface area contributed by atoms with Crippen LogP contribution in [0.2, 0.25) is 0 Å². The summed E-state index contributed by atoms with van der Waals surface area (Å²) in [6, 6.07) is 4.35. The lowest BCUT2D eigenvalue weighted by Gasteiger charge is -2.34. The molecule has 9 nitrogen and oxygen atoms in total. The second kappa shape index (κ2) is 8.92. The highest BCUT2D eigenvalue weighted by atomic mass is 19.1. The Kier molecular flexibility index (Phi) is 6.32. The maximum Gasteiger partial charge on any atom is 0.414 e. The van der Waals surface area contributed by atoms with Crippen molar-refractivity contribution in [3.63, 3.8) is 0 Å². The molecule has 2 aliphatic heterocycles. The first-order chi connectivity index (χ1) is 14.4. The number of carbonyl (C=O) groups is 3. The zero-order valence-corrected chi connectivity index (χ0v) is 16.6. The number of nitriles is 1. The van der Waals surface area contributed by atoms with Gasteiger partial charge >= 0.3 is 12.3 Å². The maximum atomic E-state index is 15.0. The third-order valence-corrected chi connectivity index (χ3v) is 5.33. The molecular weight excluding hydrogens is 393 g/mol. The van der Waals surface area contributed by atoms with Gasteiger partial charge in [0, 0.05) is 38.1 Å². The first kappa shape index (κ1) is 21.3. The topological polar surface area (TPSA) is 112 Å². The van der Waals surface area contributed by atoms with Crippen LogP contribution < -0.4 is 20.0 Å². The van der Waals surface area contributed by atoms with Crippen LogP contribution in [0.15, 0.2) is 30.0 Å². The molecule has 3 amide bonds. The lowest BCUT2D eigenvalue weighted by atomic mass is 10.0. The van der Waals surface area contributed by atoms with Gasteiger partial charge in [-0.15, -0.1) is 5.26 Å². The minimum Gasteiger partial charge on any atom is -0.442 e. The predicted molar refractivity (Wildman–Crippen MR) is 106 cm³/mol. The number of piperidine rings is 1. The van der Waals surface area contributed by atoms with Crippen molar-refractivity contribution >= 4 is 29.8 Å². The summed E-state index contributed by atoms with van der Waals surface area (Å²) in [4.78, 5) is 34.9. The predicted octanol–water partition coefficient (Wildman–Crippen LogP) is 1.50. The number of hydrogen-bond donors (Lipinski definition) is 2. The van der Waals surface area contributed by atoms with Crippen molar-refractivity contribution in [2.24, 2.45) is 0 Å². The van der Waals surface area contributed by atoms with E-state index < -0.39 is 18.0 Å². The molecule has 0 saturated carbocycles. The van der Waals surface area contributed by atoms with Gasteiger partial charge in [-0.05, 0) is 11.6 Å². The van der Waals surface area contributed by atoms with Crippen LogP contribution >= 0.6 is 0 Å². The van der Waals surface area contributed by atoms with Crippen molar-refractivity contribution in [1.82, 2.24) is 15.1 Å². The van der Waals surface area contributed by atoms with Gasteiger partial charge in [0.1, 0.15) is 19.2 Å². The molecule has 0 aromatic heterocycles. The van der Waals surface area contributed by atoms with Crippen molar-refractivity contribution in [3.8, 4) is 6.19 Å². The van der Waals surface area contributed by atoms with Crippen molar-refractivity contribution in [3.05, 3.63) is 35.8 Å². The molecule has 2 saturated heterocycles. The van der Waals surface area contributed by atoms with E-state index in [1.807, 2.05) is 0 Å². The summed E-state index contributed by atoms with van der Waals surface area (Å²) in [6.45, 7) is 2.50. The Labute approximate surface area is 173 Å². The standard InChI is InChI=1S/C20H22FN5O4/c1-14(28)24-10-17-11-25(20(29)30-17)16-2-3-19(18(21)8-16)26(12-22)6-4-15(5-7-26)9-23-13-27/h2-3,8-9,13,17H,4-7,10-11H2,1H3,(H-,23,24,27,28)/p+1/t17-,26?/m0/s1. The van der Waals surface area contributed by atoms with Crippen LogP contribution in [0.1, 0.15) is 19.8 Å². The van der Waals surface area contributed by atoms with Gasteiger partial charge in [-0.25, -0.2) is 9.18 Å². The third kappa shape index (κ3) is 4.41. The number of benzene rings is 1. The Bertz CT molecular complexity index is 916. The second-order valence-corrected chi connectivity index (χ2v) is 7.29. The highest BCUT2D eigenvalue weighted by Crippen LogP contribution is 2.34. The lowest BCUT2D eigenvalue weighted by Crippen LogP contribution is -2.49. The summed E-state index contributed by atoms with van der Waals surface area (Å²) >= 11 is 0. The fourth-order valence-corrected chi connectivity index (χ4v) is 3.70. The van der Waals surface area contributed by atoms with E-state index in [1.54, 1.807) is 12.3 Å². The number of likely N-dealkylation sites (tertiary alicyclic amines) is 1. The molecular formula is C20H23FN5O4+. The molecule has 1 atom stereocenters. The molecule has 1 aromatic carbocycles. The van der Waals surface area contributed by atoms with Gasteiger partial charge < -0.3 is 15.4 Å². The van der Waals surface area contributed by atoms with Crippen LogP contribution in [-0.2, 0) is 14.3 Å². The van der Waals surface area contributed by atoms with Gasteiger partial charge in [0.25, 0.3) is 0 Å². The molecule has 2 N–H and O–H groups in total. The number of nitrogens with zero attached hydrogens (tertiary/aromatic N) is 3. The molecule has 158 valence electrons. The molecule has 0 unspecified atom stereocenters. The smallest absolute Gasteiger partial charge is 0.414 e. The van der Waals surface area contributed by atoms with Crippen molar-refractivity contribution in [2.45, 2.75) is 25.9 Å². The second-order valence-electron chi connectivity index (χ2n) is 7.29. The Hall–Kier alpha value is -3.45. The van der Waals surface area contributed by atoms with E-state index >= 15 is 4.39 Å². The molecule has 3 rings (SSSR count). The third-order valence-electron chi connectivity index (χ3n) is 5.33. The van der Waals surface area contributed by atoms with Gasteiger partial charge in [-0.1, -0.05) is 0 Å². The number of rotatable bonds is 6. The highest BCUT2D eigenvalue weighted by Gasteiger charge is 2.39. The number of cyclic esters (lactones) is 1. The summed E-state index contributed by atoms with van der Waals surface area (Å²) in [6.07, 6.45) is 4.39. The first-order valence-electron chi connectivity index (χ1n) is 9.57. The molecule has 0 spiro atoms. The van der Waals surface area contributed by atoms with Gasteiger partial charge in [0.15, 0.2) is 11.5 Å². The fourth-order valence-electron chi connectivity index (χ4n) is 3.70. The van der Waals surface area contributed by atoms with Gasteiger partial charge in [0.05, 0.1) is 18.8 Å². The first-order valence-corrected chi connectivity index (χ1v) is 9.57. The Morgan fingerprint density at radius 1 is 1.43 bits per heavy atom. The molecule has 2 fully saturated rings. The number of halogens is 1. The molecule has 0 aliphatic carbocycles. The van der Waals surface area contributed by atoms with Crippen LogP contribution in [0, 0.1) is 17.3 Å². The highest BCUT2D eigenvalue weighted by molar-refractivity contribution is 5.90. The number of hydrogen-bond acceptors (Lipinski definition) is 5. The fraction of sp³-hybridized carbons (Fsp3) is 0.400. The number of nitrogens with one attached hydrogen (secondary N) is 2. The largest absolute Gasteiger partial charge is 0.442 e. The summed E-state index contributed by atoms with van der Waals surface area (Å²) in [5, 5.41) is 14.9. The van der Waals surface area contributed by atoms with E-state index in [4.69, 9.17) is 4.74 Å². The van der Waals surface area contributed by atoms with Gasteiger partial charge in [-0.3, -0.25) is 14.5 Å². The van der Waals surface area contributed by atoms with Crippen molar-refractivity contribution < 1.29 is 23.5 Å². The molecule has 2 heterocycles. The number of carbonyl (C=O) groups excluding carboxylic acids is 3. The van der Waals surface area contributed by atoms with E-state index in [0.29, 0.717) is 38.0 Å². The summed E-state index contributed by atoms with van der Waals surface area (Å²) in [5.74, 6) is -0.808. The number of anilines is 1. The molecule has 10 heteroatoms. The lowest BCUT2D eigenvalue weighted by molar-refractivity contribution is -0.119. The van der Waals surface area contributed by atoms with Crippen LogP contribution in [0.3, 0.4) is 0 Å². The van der Waals surface area contributed by atoms with E-state index in [0.717, 1.165) is 5.57 Å². The molecule has 30 heavy (non-hydrogen) atoms. The number of amides is 3. The van der Waals surface area contributed by atoms with Crippen LogP contribution in [-0.4, -0.2) is 50.7 Å². The SMILES string of the molecule is CC(=O)NC[C@H]1CN(c2ccc([N+]3(C#N)CCC(=CNC=O)CC3)c(F)c2)C(=O)O1. The molecule has 1 aromatic rings. The van der Waals surface area contributed by atoms with Crippen LogP contribution in [0.25, 0.3) is 0 Å². The molecule has 2 aliphatic rings. The Morgan fingerprint density at radius 3 is 2.77 bits per heavy atom. The minimum absolute atomic E-state index is 0.180. The summed E-state index contributed by atoms with van der Waals surface area (Å²) in [5.41, 5.74) is 1.56. The summed E-state index contributed by atoms with van der Waals surface area (Å²) < 4.78 is 20.0. The number of ether oxygens (including phenoxy) is 1. The average molecular weight is 416 g/mol.